The average Bonchev–Trinajstić information content (AvgIpc) is 2.95. The molecule has 192 valence electrons. The van der Waals surface area contributed by atoms with Gasteiger partial charge in [-0.25, -0.2) is 0 Å². The van der Waals surface area contributed by atoms with E-state index in [-0.39, 0.29) is 36.5 Å². The molecule has 0 aromatic carbocycles. The highest BCUT2D eigenvalue weighted by Gasteiger charge is 2.27. The van der Waals surface area contributed by atoms with Crippen molar-refractivity contribution in [3.63, 3.8) is 0 Å². The Bertz CT molecular complexity index is 1240. The molecular formula is C28H28N8O2. The number of pyridine rings is 2. The van der Waals surface area contributed by atoms with E-state index in [2.05, 4.69) is 41.0 Å². The summed E-state index contributed by atoms with van der Waals surface area (Å²) in [7, 11) is 0. The predicted octanol–water partition coefficient (Wildman–Crippen LogP) is 3.86. The summed E-state index contributed by atoms with van der Waals surface area (Å²) in [5.74, 6) is 1.09. The maximum absolute atomic E-state index is 12.3. The van der Waals surface area contributed by atoms with Crippen molar-refractivity contribution >= 4 is 23.5 Å². The number of carbonyl (C=O) groups is 2. The molecule has 4 aromatic heterocycles. The molecular weight excluding hydrogens is 480 g/mol. The summed E-state index contributed by atoms with van der Waals surface area (Å²) < 4.78 is 0. The van der Waals surface area contributed by atoms with Crippen LogP contribution in [0.3, 0.4) is 0 Å². The smallest absolute Gasteiger partial charge is 0.229 e. The fourth-order valence-electron chi connectivity index (χ4n) is 4.73. The minimum atomic E-state index is -0.147. The lowest BCUT2D eigenvalue weighted by molar-refractivity contribution is -0.116. The summed E-state index contributed by atoms with van der Waals surface area (Å²) in [6, 6.07) is 14.7. The molecule has 0 unspecified atom stereocenters. The Morgan fingerprint density at radius 3 is 1.47 bits per heavy atom. The van der Waals surface area contributed by atoms with E-state index in [1.807, 2.05) is 36.4 Å². The third kappa shape index (κ3) is 6.78. The molecule has 1 aliphatic carbocycles. The summed E-state index contributed by atoms with van der Waals surface area (Å²) in [5.41, 5.74) is 3.60. The van der Waals surface area contributed by atoms with E-state index in [0.29, 0.717) is 11.6 Å². The zero-order valence-electron chi connectivity index (χ0n) is 20.8. The van der Waals surface area contributed by atoms with Gasteiger partial charge in [0.2, 0.25) is 11.8 Å². The van der Waals surface area contributed by atoms with Crippen molar-refractivity contribution in [3.05, 3.63) is 95.8 Å². The molecule has 2 N–H and O–H groups in total. The molecule has 1 fully saturated rings. The number of carbonyl (C=O) groups excluding carboxylic acids is 2. The molecule has 0 spiro atoms. The molecule has 1 aliphatic rings. The predicted molar refractivity (Wildman–Crippen MR) is 141 cm³/mol. The van der Waals surface area contributed by atoms with Gasteiger partial charge in [-0.2, -0.15) is 10.2 Å². The standard InChI is InChI=1S/C28H28N8O2/c37-27(16-19-8-12-29-13-9-19)31-25-6-4-23(33-35-25)21-2-1-3-22(18-21)24-5-7-26(36-34-24)32-28(38)17-20-10-14-30-15-11-20/h4-15,21-22H,1-3,16-18H2,(H,31,35,37)(H,32,36,38)/t21-,22-/m0/s1. The number of aromatic nitrogens is 6. The van der Waals surface area contributed by atoms with Gasteiger partial charge in [-0.3, -0.25) is 19.6 Å². The number of nitrogens with one attached hydrogen (secondary N) is 2. The molecule has 0 radical (unpaired) electrons. The van der Waals surface area contributed by atoms with E-state index in [1.54, 1.807) is 36.9 Å². The van der Waals surface area contributed by atoms with Crippen LogP contribution in [0, 0.1) is 0 Å². The monoisotopic (exact) mass is 508 g/mol. The van der Waals surface area contributed by atoms with Crippen molar-refractivity contribution in [2.45, 2.75) is 50.4 Å². The Morgan fingerprint density at radius 1 is 0.632 bits per heavy atom. The van der Waals surface area contributed by atoms with Gasteiger partial charge in [0.1, 0.15) is 0 Å². The van der Waals surface area contributed by atoms with Crippen molar-refractivity contribution in [3.8, 4) is 0 Å². The number of nitrogens with zero attached hydrogens (tertiary/aromatic N) is 6. The first-order valence-corrected chi connectivity index (χ1v) is 12.7. The summed E-state index contributed by atoms with van der Waals surface area (Å²) in [6.45, 7) is 0. The maximum atomic E-state index is 12.3. The maximum Gasteiger partial charge on any atom is 0.229 e. The van der Waals surface area contributed by atoms with Crippen LogP contribution in [0.4, 0.5) is 11.6 Å². The first kappa shape index (κ1) is 25.1. The van der Waals surface area contributed by atoms with Crippen LogP contribution >= 0.6 is 0 Å². The average molecular weight is 509 g/mol. The fourth-order valence-corrected chi connectivity index (χ4v) is 4.73. The highest BCUT2D eigenvalue weighted by atomic mass is 16.2. The highest BCUT2D eigenvalue weighted by Crippen LogP contribution is 2.40. The van der Waals surface area contributed by atoms with Gasteiger partial charge in [0.25, 0.3) is 0 Å². The van der Waals surface area contributed by atoms with Crippen molar-refractivity contribution in [2.24, 2.45) is 0 Å². The Kier molecular flexibility index (Phi) is 7.98. The van der Waals surface area contributed by atoms with Gasteiger partial charge < -0.3 is 10.6 Å². The van der Waals surface area contributed by atoms with Crippen LogP contribution in [-0.4, -0.2) is 42.2 Å². The summed E-state index contributed by atoms with van der Waals surface area (Å²) in [4.78, 5) is 32.5. The summed E-state index contributed by atoms with van der Waals surface area (Å²) in [6.07, 6.45) is 11.2. The van der Waals surface area contributed by atoms with Crippen molar-refractivity contribution in [2.75, 3.05) is 10.6 Å². The second kappa shape index (κ2) is 12.1. The van der Waals surface area contributed by atoms with Crippen LogP contribution in [-0.2, 0) is 22.4 Å². The van der Waals surface area contributed by atoms with E-state index in [1.165, 1.54) is 0 Å². The molecule has 0 saturated heterocycles. The number of amides is 2. The van der Waals surface area contributed by atoms with E-state index in [4.69, 9.17) is 0 Å². The number of rotatable bonds is 8. The third-order valence-corrected chi connectivity index (χ3v) is 6.64. The third-order valence-electron chi connectivity index (χ3n) is 6.64. The Labute approximate surface area is 220 Å². The van der Waals surface area contributed by atoms with E-state index in [9.17, 15) is 9.59 Å². The molecule has 4 aromatic rings. The molecule has 5 rings (SSSR count). The van der Waals surface area contributed by atoms with E-state index in [0.717, 1.165) is 48.2 Å². The largest absolute Gasteiger partial charge is 0.309 e. The number of anilines is 2. The van der Waals surface area contributed by atoms with Gasteiger partial charge in [0.05, 0.1) is 24.2 Å². The molecule has 0 bridgehead atoms. The van der Waals surface area contributed by atoms with Gasteiger partial charge in [-0.05, 0) is 78.9 Å². The van der Waals surface area contributed by atoms with Crippen LogP contribution in [0.25, 0.3) is 0 Å². The molecule has 0 aliphatic heterocycles. The first-order valence-electron chi connectivity index (χ1n) is 12.7. The minimum Gasteiger partial charge on any atom is -0.309 e. The van der Waals surface area contributed by atoms with Crippen LogP contribution in [0.15, 0.2) is 73.3 Å². The van der Waals surface area contributed by atoms with Crippen LogP contribution in [0.2, 0.25) is 0 Å². The van der Waals surface area contributed by atoms with Crippen molar-refractivity contribution in [1.29, 1.82) is 0 Å². The fraction of sp³-hybridized carbons (Fsp3) is 0.286. The van der Waals surface area contributed by atoms with E-state index < -0.39 is 0 Å². The van der Waals surface area contributed by atoms with Gasteiger partial charge >= 0.3 is 0 Å². The van der Waals surface area contributed by atoms with Gasteiger partial charge in [-0.15, -0.1) is 10.2 Å². The van der Waals surface area contributed by atoms with Crippen LogP contribution in [0.1, 0.15) is 60.0 Å². The first-order chi connectivity index (χ1) is 18.6. The second-order valence-corrected chi connectivity index (χ2v) is 9.41. The minimum absolute atomic E-state index is 0.147. The molecule has 2 atom stereocenters. The summed E-state index contributed by atoms with van der Waals surface area (Å²) in [5, 5.41) is 22.9. The highest BCUT2D eigenvalue weighted by molar-refractivity contribution is 5.91. The lowest BCUT2D eigenvalue weighted by Gasteiger charge is -2.28. The molecule has 10 heteroatoms. The van der Waals surface area contributed by atoms with Gasteiger partial charge in [0, 0.05) is 36.6 Å². The molecule has 10 nitrogen and oxygen atoms in total. The zero-order chi connectivity index (χ0) is 26.2. The molecule has 38 heavy (non-hydrogen) atoms. The number of hydrogen-bond acceptors (Lipinski definition) is 8. The number of hydrogen-bond donors (Lipinski definition) is 2. The van der Waals surface area contributed by atoms with Crippen molar-refractivity contribution < 1.29 is 9.59 Å². The summed E-state index contributed by atoms with van der Waals surface area (Å²) >= 11 is 0. The normalized spacial score (nSPS) is 16.9. The topological polar surface area (TPSA) is 136 Å². The molecule has 1 saturated carbocycles. The van der Waals surface area contributed by atoms with Crippen molar-refractivity contribution in [1.82, 2.24) is 30.4 Å². The molecule has 4 heterocycles. The lowest BCUT2D eigenvalue weighted by atomic mass is 9.78. The lowest BCUT2D eigenvalue weighted by Crippen LogP contribution is -2.18. The Morgan fingerprint density at radius 2 is 1.08 bits per heavy atom. The van der Waals surface area contributed by atoms with E-state index >= 15 is 0 Å². The Hall–Kier alpha value is -4.60. The van der Waals surface area contributed by atoms with Crippen LogP contribution in [0.5, 0.6) is 0 Å². The SMILES string of the molecule is O=C(Cc1ccncc1)Nc1ccc([C@H]2CCC[C@H](c3ccc(NC(=O)Cc4ccncc4)nn3)C2)nn1. The zero-order valence-corrected chi connectivity index (χ0v) is 20.8. The van der Waals surface area contributed by atoms with Gasteiger partial charge in [-0.1, -0.05) is 6.42 Å². The Balaban J connectivity index is 1.14. The second-order valence-electron chi connectivity index (χ2n) is 9.41. The molecule has 2 amide bonds. The van der Waals surface area contributed by atoms with Gasteiger partial charge in [0.15, 0.2) is 11.6 Å². The quantitative estimate of drug-likeness (QED) is 0.366. The van der Waals surface area contributed by atoms with Crippen LogP contribution < -0.4 is 10.6 Å².